The molecule has 0 saturated heterocycles. The fraction of sp³-hybridized carbons (Fsp3) is 0.571. The number of nitrogens with two attached hydrogens (primary N) is 1. The molecule has 4 heteroatoms. The number of carbonyl (C=O) groups is 1. The highest BCUT2D eigenvalue weighted by atomic mass is 32.1. The predicted molar refractivity (Wildman–Crippen MR) is 47.4 cm³/mol. The van der Waals surface area contributed by atoms with Gasteiger partial charge in [-0.05, 0) is 6.42 Å². The average Bonchev–Trinajstić information content (AvgIpc) is 2.05. The van der Waals surface area contributed by atoms with Crippen LogP contribution < -0.4 is 5.73 Å². The molecule has 0 unspecified atom stereocenters. The second-order valence-electron chi connectivity index (χ2n) is 2.01. The minimum absolute atomic E-state index is 0.326. The maximum absolute atomic E-state index is 10.9. The molecule has 0 fully saturated rings. The molecular weight excluding hydrogens is 162 g/mol. The molecule has 11 heavy (non-hydrogen) atoms. The van der Waals surface area contributed by atoms with Gasteiger partial charge < -0.3 is 10.5 Å². The molecule has 64 valence electrons. The fourth-order valence-corrected chi connectivity index (χ4v) is 0.966. The Morgan fingerprint density at radius 1 is 1.64 bits per heavy atom. The lowest BCUT2D eigenvalue weighted by Gasteiger charge is -2.04. The molecule has 0 amide bonds. The van der Waals surface area contributed by atoms with Gasteiger partial charge in [0.2, 0.25) is 0 Å². The summed E-state index contributed by atoms with van der Waals surface area (Å²) in [5.41, 5.74) is 6.54. The molecule has 0 saturated carbocycles. The summed E-state index contributed by atoms with van der Waals surface area (Å²) in [6, 6.07) is 0. The monoisotopic (exact) mass is 175 g/mol. The van der Waals surface area contributed by atoms with Crippen molar-refractivity contribution in [3.05, 3.63) is 11.3 Å². The smallest absolute Gasteiger partial charge is 0.336 e. The van der Waals surface area contributed by atoms with Crippen LogP contribution in [0.5, 0.6) is 0 Å². The highest BCUT2D eigenvalue weighted by Crippen LogP contribution is 2.06. The fourth-order valence-electron chi connectivity index (χ4n) is 0.634. The van der Waals surface area contributed by atoms with Crippen LogP contribution in [0.2, 0.25) is 0 Å². The van der Waals surface area contributed by atoms with E-state index in [9.17, 15) is 4.79 Å². The molecule has 3 nitrogen and oxygen atoms in total. The molecule has 0 aliphatic carbocycles. The van der Waals surface area contributed by atoms with E-state index in [1.54, 1.807) is 0 Å². The van der Waals surface area contributed by atoms with Crippen molar-refractivity contribution in [2.45, 2.75) is 13.3 Å². The van der Waals surface area contributed by atoms with Crippen molar-refractivity contribution in [1.29, 1.82) is 0 Å². The zero-order valence-electron chi connectivity index (χ0n) is 6.76. The van der Waals surface area contributed by atoms with Crippen LogP contribution in [0.3, 0.4) is 0 Å². The lowest BCUT2D eigenvalue weighted by atomic mass is 10.2. The van der Waals surface area contributed by atoms with Gasteiger partial charge in [-0.15, -0.1) is 0 Å². The van der Waals surface area contributed by atoms with E-state index in [0.29, 0.717) is 23.4 Å². The van der Waals surface area contributed by atoms with Crippen molar-refractivity contribution in [3.63, 3.8) is 0 Å². The van der Waals surface area contributed by atoms with E-state index in [-0.39, 0.29) is 5.97 Å². The minimum Gasteiger partial charge on any atom is -0.466 e. The molecule has 0 spiro atoms. The van der Waals surface area contributed by atoms with E-state index in [2.05, 4.69) is 17.4 Å². The molecule has 0 aromatic rings. The first-order valence-electron chi connectivity index (χ1n) is 3.34. The van der Waals surface area contributed by atoms with E-state index in [1.165, 1.54) is 7.11 Å². The molecule has 0 atom stereocenters. The first-order valence-corrected chi connectivity index (χ1v) is 3.97. The Bertz CT molecular complexity index is 177. The molecule has 0 aromatic carbocycles. The van der Waals surface area contributed by atoms with Gasteiger partial charge in [0.25, 0.3) is 0 Å². The summed E-state index contributed by atoms with van der Waals surface area (Å²) in [6.45, 7) is 1.88. The van der Waals surface area contributed by atoms with E-state index in [4.69, 9.17) is 5.73 Å². The number of thiol groups is 1. The quantitative estimate of drug-likeness (QED) is 0.377. The van der Waals surface area contributed by atoms with Crippen molar-refractivity contribution in [2.75, 3.05) is 12.9 Å². The van der Waals surface area contributed by atoms with Crippen LogP contribution in [0.4, 0.5) is 0 Å². The van der Waals surface area contributed by atoms with Crippen molar-refractivity contribution in [1.82, 2.24) is 0 Å². The predicted octanol–water partition coefficient (Wildman–Crippen LogP) is 0.712. The first-order chi connectivity index (χ1) is 5.17. The summed E-state index contributed by atoms with van der Waals surface area (Å²) in [5, 5.41) is 0. The van der Waals surface area contributed by atoms with Crippen LogP contribution in [-0.2, 0) is 9.53 Å². The van der Waals surface area contributed by atoms with Crippen LogP contribution in [0.15, 0.2) is 11.3 Å². The van der Waals surface area contributed by atoms with Crippen molar-refractivity contribution >= 4 is 18.6 Å². The number of methoxy groups -OCH3 is 1. The Hall–Kier alpha value is -0.640. The van der Waals surface area contributed by atoms with Crippen LogP contribution in [0.25, 0.3) is 0 Å². The third kappa shape index (κ3) is 2.84. The highest BCUT2D eigenvalue weighted by molar-refractivity contribution is 7.80. The number of allylic oxidation sites excluding steroid dienone is 1. The van der Waals surface area contributed by atoms with Crippen LogP contribution in [0, 0.1) is 0 Å². The Morgan fingerprint density at radius 2 is 2.18 bits per heavy atom. The Kier molecular flexibility index (Phi) is 4.77. The lowest BCUT2D eigenvalue weighted by molar-refractivity contribution is -0.136. The summed E-state index contributed by atoms with van der Waals surface area (Å²) >= 11 is 3.96. The molecule has 0 radical (unpaired) electrons. The average molecular weight is 175 g/mol. The van der Waals surface area contributed by atoms with Gasteiger partial charge in [-0.25, -0.2) is 4.79 Å². The summed E-state index contributed by atoms with van der Waals surface area (Å²) in [5.74, 6) is -0.0638. The number of hydrogen-bond donors (Lipinski definition) is 2. The number of hydrogen-bond acceptors (Lipinski definition) is 4. The molecule has 0 rings (SSSR count). The minimum atomic E-state index is -0.389. The van der Waals surface area contributed by atoms with E-state index in [1.807, 2.05) is 6.92 Å². The van der Waals surface area contributed by atoms with Gasteiger partial charge in [-0.1, -0.05) is 6.92 Å². The van der Waals surface area contributed by atoms with E-state index < -0.39 is 0 Å². The molecule has 0 bridgehead atoms. The van der Waals surface area contributed by atoms with Crippen molar-refractivity contribution < 1.29 is 9.53 Å². The van der Waals surface area contributed by atoms with Gasteiger partial charge in [-0.2, -0.15) is 12.6 Å². The molecule has 0 aliphatic heterocycles. The zero-order valence-corrected chi connectivity index (χ0v) is 7.65. The summed E-state index contributed by atoms with van der Waals surface area (Å²) in [7, 11) is 1.33. The number of rotatable bonds is 3. The molecule has 0 aromatic heterocycles. The standard InChI is InChI=1S/C7H13NO2S/c1-3-6(8)5(4-11)7(9)10-2/h11H,3-4,8H2,1-2H3/b6-5-. The largest absolute Gasteiger partial charge is 0.466 e. The second-order valence-corrected chi connectivity index (χ2v) is 2.32. The van der Waals surface area contributed by atoms with Crippen molar-refractivity contribution in [2.24, 2.45) is 5.73 Å². The maximum atomic E-state index is 10.9. The first kappa shape index (κ1) is 10.4. The lowest BCUT2D eigenvalue weighted by Crippen LogP contribution is -2.13. The maximum Gasteiger partial charge on any atom is 0.336 e. The Balaban J connectivity index is 4.50. The van der Waals surface area contributed by atoms with Gasteiger partial charge in [0, 0.05) is 11.4 Å². The second kappa shape index (κ2) is 5.07. The summed E-state index contributed by atoms with van der Waals surface area (Å²) in [4.78, 5) is 10.9. The summed E-state index contributed by atoms with van der Waals surface area (Å²) < 4.78 is 4.50. The zero-order chi connectivity index (χ0) is 8.85. The molecule has 0 heterocycles. The number of carbonyl (C=O) groups excluding carboxylic acids is 1. The third-order valence-corrected chi connectivity index (χ3v) is 1.67. The highest BCUT2D eigenvalue weighted by Gasteiger charge is 2.10. The van der Waals surface area contributed by atoms with Crippen LogP contribution in [0.1, 0.15) is 13.3 Å². The van der Waals surface area contributed by atoms with Crippen LogP contribution >= 0.6 is 12.6 Å². The van der Waals surface area contributed by atoms with E-state index >= 15 is 0 Å². The number of esters is 1. The normalized spacial score (nSPS) is 12.3. The Morgan fingerprint density at radius 3 is 2.45 bits per heavy atom. The van der Waals surface area contributed by atoms with E-state index in [0.717, 1.165) is 0 Å². The van der Waals surface area contributed by atoms with Gasteiger partial charge in [-0.3, -0.25) is 0 Å². The topological polar surface area (TPSA) is 52.3 Å². The molecular formula is C7H13NO2S. The molecule has 0 aliphatic rings. The molecule has 2 N–H and O–H groups in total. The third-order valence-electron chi connectivity index (χ3n) is 1.36. The van der Waals surface area contributed by atoms with Gasteiger partial charge >= 0.3 is 5.97 Å². The Labute approximate surface area is 72.0 Å². The SMILES string of the molecule is CC/C(N)=C(\CS)C(=O)OC. The summed E-state index contributed by atoms with van der Waals surface area (Å²) in [6.07, 6.45) is 0.644. The van der Waals surface area contributed by atoms with Crippen molar-refractivity contribution in [3.8, 4) is 0 Å². The van der Waals surface area contributed by atoms with Gasteiger partial charge in [0.1, 0.15) is 0 Å². The van der Waals surface area contributed by atoms with Gasteiger partial charge in [0.15, 0.2) is 0 Å². The van der Waals surface area contributed by atoms with Crippen LogP contribution in [-0.4, -0.2) is 18.8 Å². The van der Waals surface area contributed by atoms with Gasteiger partial charge in [0.05, 0.1) is 12.7 Å². The number of ether oxygens (including phenoxy) is 1.